The summed E-state index contributed by atoms with van der Waals surface area (Å²) < 4.78 is 9.16. The van der Waals surface area contributed by atoms with Gasteiger partial charge in [-0.3, -0.25) is 4.68 Å². The number of methoxy groups -OCH3 is 1. The molecular weight excluding hydrogens is 356 g/mol. The van der Waals surface area contributed by atoms with Gasteiger partial charge in [-0.2, -0.15) is 10.4 Å². The van der Waals surface area contributed by atoms with E-state index in [4.69, 9.17) is 4.74 Å². The first-order chi connectivity index (χ1) is 13.7. The predicted octanol–water partition coefficient (Wildman–Crippen LogP) is 1.72. The van der Waals surface area contributed by atoms with E-state index in [1.807, 2.05) is 30.1 Å². The molecule has 4 rings (SSSR count). The lowest BCUT2D eigenvalue weighted by Gasteiger charge is -2.33. The fourth-order valence-corrected chi connectivity index (χ4v) is 3.74. The molecule has 0 aliphatic carbocycles. The number of hydrogen-bond acceptors (Lipinski definition) is 7. The molecule has 0 radical (unpaired) electrons. The van der Waals surface area contributed by atoms with Crippen LogP contribution in [0.25, 0.3) is 0 Å². The summed E-state index contributed by atoms with van der Waals surface area (Å²) in [6.45, 7) is 2.29. The van der Waals surface area contributed by atoms with Crippen LogP contribution in [0.4, 0.5) is 5.69 Å². The predicted molar refractivity (Wildman–Crippen MR) is 102 cm³/mol. The molecule has 9 nitrogen and oxygen atoms in total. The minimum atomic E-state index is 0.342. The monoisotopic (exact) mass is 378 g/mol. The molecule has 0 aromatic carbocycles. The standard InChI is InChI=1S/C19H22N8O/c1-25-17(13-27-9-3-7-22-27)23-24-18(25)14-5-10-26(11-6-14)16-4-8-21-19(28-2)15(16)12-20/h3-4,7-9,14H,5-6,10-11,13H2,1-2H3. The topological polar surface area (TPSA) is 97.7 Å². The molecule has 144 valence electrons. The van der Waals surface area contributed by atoms with Crippen molar-refractivity contribution in [1.82, 2.24) is 29.5 Å². The third-order valence-electron chi connectivity index (χ3n) is 5.26. The van der Waals surface area contributed by atoms with Gasteiger partial charge in [-0.05, 0) is 25.0 Å². The Labute approximate surface area is 163 Å². The zero-order valence-electron chi connectivity index (χ0n) is 16.0. The Morgan fingerprint density at radius 1 is 1.25 bits per heavy atom. The van der Waals surface area contributed by atoms with Gasteiger partial charge in [0.2, 0.25) is 5.88 Å². The molecule has 0 atom stereocenters. The third kappa shape index (κ3) is 3.29. The Bertz CT molecular complexity index is 980. The van der Waals surface area contributed by atoms with E-state index in [9.17, 15) is 5.26 Å². The van der Waals surface area contributed by atoms with Crippen LogP contribution >= 0.6 is 0 Å². The molecule has 0 bridgehead atoms. The molecule has 1 aliphatic heterocycles. The second kappa shape index (κ2) is 7.68. The highest BCUT2D eigenvalue weighted by Crippen LogP contribution is 2.33. The van der Waals surface area contributed by atoms with Gasteiger partial charge in [0.25, 0.3) is 0 Å². The van der Waals surface area contributed by atoms with Gasteiger partial charge in [0.15, 0.2) is 5.82 Å². The van der Waals surface area contributed by atoms with Gasteiger partial charge < -0.3 is 14.2 Å². The van der Waals surface area contributed by atoms with E-state index in [0.29, 0.717) is 23.9 Å². The number of rotatable bonds is 5. The number of pyridine rings is 1. The Kier molecular flexibility index (Phi) is 4.93. The maximum atomic E-state index is 9.51. The van der Waals surface area contributed by atoms with E-state index in [-0.39, 0.29) is 0 Å². The van der Waals surface area contributed by atoms with Crippen LogP contribution in [0.5, 0.6) is 5.88 Å². The van der Waals surface area contributed by atoms with Gasteiger partial charge in [-0.15, -0.1) is 10.2 Å². The van der Waals surface area contributed by atoms with Crippen molar-refractivity contribution in [3.05, 3.63) is 47.9 Å². The van der Waals surface area contributed by atoms with Crippen LogP contribution in [0.2, 0.25) is 0 Å². The summed E-state index contributed by atoms with van der Waals surface area (Å²) in [6, 6.07) is 6.01. The van der Waals surface area contributed by atoms with Crippen molar-refractivity contribution >= 4 is 5.69 Å². The largest absolute Gasteiger partial charge is 0.480 e. The molecule has 9 heteroatoms. The molecule has 1 fully saturated rings. The molecule has 0 amide bonds. The lowest BCUT2D eigenvalue weighted by atomic mass is 9.95. The Morgan fingerprint density at radius 2 is 2.07 bits per heavy atom. The van der Waals surface area contributed by atoms with E-state index in [0.717, 1.165) is 43.3 Å². The average Bonchev–Trinajstić information content (AvgIpc) is 3.38. The van der Waals surface area contributed by atoms with Crippen LogP contribution in [-0.4, -0.2) is 49.7 Å². The fraction of sp³-hybridized carbons (Fsp3) is 0.421. The quantitative estimate of drug-likeness (QED) is 0.667. The van der Waals surface area contributed by atoms with Crippen LogP contribution in [0.15, 0.2) is 30.7 Å². The molecule has 3 aromatic rings. The summed E-state index contributed by atoms with van der Waals surface area (Å²) in [6.07, 6.45) is 7.26. The summed E-state index contributed by atoms with van der Waals surface area (Å²) >= 11 is 0. The molecule has 0 unspecified atom stereocenters. The summed E-state index contributed by atoms with van der Waals surface area (Å²) in [5, 5.41) is 22.6. The second-order valence-corrected chi connectivity index (χ2v) is 6.82. The summed E-state index contributed by atoms with van der Waals surface area (Å²) in [5.74, 6) is 2.62. The van der Waals surface area contributed by atoms with Crippen molar-refractivity contribution in [3.8, 4) is 11.9 Å². The van der Waals surface area contributed by atoms with Gasteiger partial charge >= 0.3 is 0 Å². The number of anilines is 1. The number of ether oxygens (including phenoxy) is 1. The maximum absolute atomic E-state index is 9.51. The first-order valence-corrected chi connectivity index (χ1v) is 9.25. The average molecular weight is 378 g/mol. The molecule has 28 heavy (non-hydrogen) atoms. The van der Waals surface area contributed by atoms with Gasteiger partial charge in [0, 0.05) is 44.6 Å². The van der Waals surface area contributed by atoms with E-state index < -0.39 is 0 Å². The highest BCUT2D eigenvalue weighted by molar-refractivity contribution is 5.63. The van der Waals surface area contributed by atoms with Crippen molar-refractivity contribution in [2.45, 2.75) is 25.3 Å². The second-order valence-electron chi connectivity index (χ2n) is 6.82. The van der Waals surface area contributed by atoms with E-state index in [1.165, 1.54) is 7.11 Å². The number of piperidine rings is 1. The van der Waals surface area contributed by atoms with Crippen LogP contribution in [0.1, 0.15) is 36.0 Å². The zero-order valence-corrected chi connectivity index (χ0v) is 16.0. The van der Waals surface area contributed by atoms with Gasteiger partial charge in [-0.25, -0.2) is 4.98 Å². The first-order valence-electron chi connectivity index (χ1n) is 9.25. The van der Waals surface area contributed by atoms with Crippen LogP contribution in [0, 0.1) is 11.3 Å². The lowest BCUT2D eigenvalue weighted by molar-refractivity contribution is 0.396. The molecular formula is C19H22N8O. The fourth-order valence-electron chi connectivity index (χ4n) is 3.74. The minimum absolute atomic E-state index is 0.342. The molecule has 1 aliphatic rings. The molecule has 3 aromatic heterocycles. The first kappa shape index (κ1) is 18.0. The summed E-state index contributed by atoms with van der Waals surface area (Å²) in [7, 11) is 3.55. The number of nitriles is 1. The SMILES string of the molecule is COc1nccc(N2CCC(c3nnc(Cn4cccn4)n3C)CC2)c1C#N. The van der Waals surface area contributed by atoms with Crippen LogP contribution < -0.4 is 9.64 Å². The molecule has 1 saturated heterocycles. The highest BCUT2D eigenvalue weighted by atomic mass is 16.5. The van der Waals surface area contributed by atoms with Crippen molar-refractivity contribution in [3.63, 3.8) is 0 Å². The smallest absolute Gasteiger partial charge is 0.233 e. The van der Waals surface area contributed by atoms with Gasteiger partial charge in [0.05, 0.1) is 12.8 Å². The van der Waals surface area contributed by atoms with Crippen molar-refractivity contribution in [1.29, 1.82) is 5.26 Å². The highest BCUT2D eigenvalue weighted by Gasteiger charge is 2.27. The summed E-state index contributed by atoms with van der Waals surface area (Å²) in [5.41, 5.74) is 1.37. The lowest BCUT2D eigenvalue weighted by Crippen LogP contribution is -2.34. The number of aromatic nitrogens is 6. The molecule has 0 N–H and O–H groups in total. The Balaban J connectivity index is 1.47. The van der Waals surface area contributed by atoms with E-state index in [1.54, 1.807) is 12.4 Å². The van der Waals surface area contributed by atoms with Crippen molar-refractivity contribution in [2.24, 2.45) is 7.05 Å². The van der Waals surface area contributed by atoms with Gasteiger partial charge in [0.1, 0.15) is 24.0 Å². The third-order valence-corrected chi connectivity index (χ3v) is 5.26. The Hall–Kier alpha value is -3.41. The van der Waals surface area contributed by atoms with Gasteiger partial charge in [-0.1, -0.05) is 0 Å². The number of nitrogens with zero attached hydrogens (tertiary/aromatic N) is 8. The minimum Gasteiger partial charge on any atom is -0.480 e. The van der Waals surface area contributed by atoms with E-state index in [2.05, 4.69) is 35.8 Å². The van der Waals surface area contributed by atoms with Crippen LogP contribution in [0.3, 0.4) is 0 Å². The normalized spacial score (nSPS) is 14.8. The molecule has 0 spiro atoms. The Morgan fingerprint density at radius 3 is 2.75 bits per heavy atom. The van der Waals surface area contributed by atoms with Crippen molar-refractivity contribution in [2.75, 3.05) is 25.1 Å². The van der Waals surface area contributed by atoms with Crippen LogP contribution in [-0.2, 0) is 13.6 Å². The number of hydrogen-bond donors (Lipinski definition) is 0. The maximum Gasteiger partial charge on any atom is 0.233 e. The molecule has 0 saturated carbocycles. The zero-order chi connectivity index (χ0) is 19.5. The van der Waals surface area contributed by atoms with Crippen molar-refractivity contribution < 1.29 is 4.74 Å². The summed E-state index contributed by atoms with van der Waals surface area (Å²) in [4.78, 5) is 6.35. The van der Waals surface area contributed by atoms with E-state index >= 15 is 0 Å². The molecule has 4 heterocycles.